The van der Waals surface area contributed by atoms with Gasteiger partial charge in [-0.25, -0.2) is 0 Å². The molecule has 1 aliphatic rings. The van der Waals surface area contributed by atoms with E-state index in [9.17, 15) is 0 Å². The summed E-state index contributed by atoms with van der Waals surface area (Å²) in [5.41, 5.74) is 5.77. The van der Waals surface area contributed by atoms with Gasteiger partial charge in [0.05, 0.1) is 11.4 Å². The van der Waals surface area contributed by atoms with Crippen LogP contribution in [0.5, 0.6) is 0 Å². The molecule has 120 valence electrons. The number of rotatable bonds is 4. The highest BCUT2D eigenvalue weighted by molar-refractivity contribution is 5.66. The maximum Gasteiger partial charge on any atom is 0.0932 e. The Labute approximate surface area is 139 Å². The van der Waals surface area contributed by atoms with Gasteiger partial charge in [-0.2, -0.15) is 10.2 Å². The lowest BCUT2D eigenvalue weighted by Crippen LogP contribution is -2.10. The van der Waals surface area contributed by atoms with E-state index in [0.717, 1.165) is 23.7 Å². The Morgan fingerprint density at radius 1 is 1.04 bits per heavy atom. The van der Waals surface area contributed by atoms with Gasteiger partial charge in [0.25, 0.3) is 0 Å². The van der Waals surface area contributed by atoms with E-state index in [-0.39, 0.29) is 0 Å². The SMILES string of the molecule is C/C=C/c1ccc(-c2ccc(CC3CCCCC3)nn2)c(C)c1. The van der Waals surface area contributed by atoms with Gasteiger partial charge in [-0.3, -0.25) is 0 Å². The van der Waals surface area contributed by atoms with Crippen LogP contribution in [-0.2, 0) is 6.42 Å². The van der Waals surface area contributed by atoms with Crippen LogP contribution in [0.25, 0.3) is 17.3 Å². The molecule has 1 heterocycles. The van der Waals surface area contributed by atoms with E-state index < -0.39 is 0 Å². The van der Waals surface area contributed by atoms with Crippen molar-refractivity contribution in [3.05, 3.63) is 53.2 Å². The number of aryl methyl sites for hydroxylation is 1. The minimum atomic E-state index is 0.811. The van der Waals surface area contributed by atoms with Crippen molar-refractivity contribution in [1.82, 2.24) is 10.2 Å². The fourth-order valence-electron chi connectivity index (χ4n) is 3.57. The summed E-state index contributed by atoms with van der Waals surface area (Å²) in [6, 6.07) is 10.8. The van der Waals surface area contributed by atoms with Crippen LogP contribution in [0.4, 0.5) is 0 Å². The number of hydrogen-bond acceptors (Lipinski definition) is 2. The van der Waals surface area contributed by atoms with Crippen molar-refractivity contribution in [3.8, 4) is 11.3 Å². The van der Waals surface area contributed by atoms with Gasteiger partial charge in [-0.15, -0.1) is 0 Å². The second kappa shape index (κ2) is 7.54. The first-order valence-electron chi connectivity index (χ1n) is 8.82. The second-order valence-electron chi connectivity index (χ2n) is 6.69. The summed E-state index contributed by atoms with van der Waals surface area (Å²) in [5, 5.41) is 8.97. The molecule has 2 nitrogen and oxygen atoms in total. The maximum atomic E-state index is 4.49. The molecule has 1 aliphatic carbocycles. The van der Waals surface area contributed by atoms with E-state index in [4.69, 9.17) is 0 Å². The molecule has 23 heavy (non-hydrogen) atoms. The molecule has 1 saturated carbocycles. The van der Waals surface area contributed by atoms with Gasteiger partial charge in [0.1, 0.15) is 0 Å². The number of nitrogens with zero attached hydrogens (tertiary/aromatic N) is 2. The third kappa shape index (κ3) is 4.07. The quantitative estimate of drug-likeness (QED) is 0.734. The van der Waals surface area contributed by atoms with Gasteiger partial charge in [-0.05, 0) is 49.4 Å². The molecule has 1 fully saturated rings. The van der Waals surface area contributed by atoms with Crippen molar-refractivity contribution < 1.29 is 0 Å². The Kier molecular flexibility index (Phi) is 5.22. The normalized spacial score (nSPS) is 16.1. The molecule has 0 unspecified atom stereocenters. The van der Waals surface area contributed by atoms with Crippen molar-refractivity contribution in [3.63, 3.8) is 0 Å². The van der Waals surface area contributed by atoms with Gasteiger partial charge in [0.15, 0.2) is 0 Å². The van der Waals surface area contributed by atoms with Crippen LogP contribution in [0, 0.1) is 12.8 Å². The highest BCUT2D eigenvalue weighted by Gasteiger charge is 2.15. The average Bonchev–Trinajstić information content (AvgIpc) is 2.57. The summed E-state index contributed by atoms with van der Waals surface area (Å²) in [4.78, 5) is 0. The van der Waals surface area contributed by atoms with E-state index in [0.29, 0.717) is 0 Å². The summed E-state index contributed by atoms with van der Waals surface area (Å²) < 4.78 is 0. The Bertz CT molecular complexity index is 665. The zero-order chi connectivity index (χ0) is 16.1. The van der Waals surface area contributed by atoms with Gasteiger partial charge >= 0.3 is 0 Å². The monoisotopic (exact) mass is 306 g/mol. The summed E-state index contributed by atoms with van der Waals surface area (Å²) in [7, 11) is 0. The number of hydrogen-bond donors (Lipinski definition) is 0. The summed E-state index contributed by atoms with van der Waals surface area (Å²) in [5.74, 6) is 0.811. The molecule has 0 saturated heterocycles. The molecule has 0 N–H and O–H groups in total. The van der Waals surface area contributed by atoms with Gasteiger partial charge in [0, 0.05) is 5.56 Å². The maximum absolute atomic E-state index is 4.49. The summed E-state index contributed by atoms with van der Waals surface area (Å²) in [6.07, 6.45) is 12.2. The van der Waals surface area contributed by atoms with Crippen molar-refractivity contribution in [2.75, 3.05) is 0 Å². The molecule has 0 spiro atoms. The first kappa shape index (κ1) is 15.9. The lowest BCUT2D eigenvalue weighted by atomic mass is 9.86. The Morgan fingerprint density at radius 2 is 1.87 bits per heavy atom. The van der Waals surface area contributed by atoms with Crippen molar-refractivity contribution in [1.29, 1.82) is 0 Å². The Balaban J connectivity index is 1.73. The Hall–Kier alpha value is -1.96. The van der Waals surface area contributed by atoms with Crippen molar-refractivity contribution in [2.24, 2.45) is 5.92 Å². The molecule has 0 amide bonds. The largest absolute Gasteiger partial charge is 0.155 e. The highest BCUT2D eigenvalue weighted by Crippen LogP contribution is 2.27. The number of benzene rings is 1. The van der Waals surface area contributed by atoms with E-state index in [1.807, 2.05) is 6.92 Å². The molecule has 2 heteroatoms. The molecular formula is C21H26N2. The molecule has 3 rings (SSSR count). The van der Waals surface area contributed by atoms with Crippen LogP contribution in [0.1, 0.15) is 55.8 Å². The standard InChI is InChI=1S/C21H26N2/c1-3-7-17-10-12-20(16(2)14-17)21-13-11-19(22-23-21)15-18-8-5-4-6-9-18/h3,7,10-14,18H,4-6,8-9,15H2,1-2H3/b7-3+. The average molecular weight is 306 g/mol. The Morgan fingerprint density at radius 3 is 2.52 bits per heavy atom. The lowest BCUT2D eigenvalue weighted by Gasteiger charge is -2.20. The molecule has 2 aromatic rings. The lowest BCUT2D eigenvalue weighted by molar-refractivity contribution is 0.353. The third-order valence-electron chi connectivity index (χ3n) is 4.83. The van der Waals surface area contributed by atoms with Gasteiger partial charge < -0.3 is 0 Å². The van der Waals surface area contributed by atoms with E-state index in [1.165, 1.54) is 48.8 Å². The zero-order valence-electron chi connectivity index (χ0n) is 14.3. The van der Waals surface area contributed by atoms with Crippen molar-refractivity contribution in [2.45, 2.75) is 52.4 Å². The van der Waals surface area contributed by atoms with Gasteiger partial charge in [0.2, 0.25) is 0 Å². The molecule has 0 aliphatic heterocycles. The summed E-state index contributed by atoms with van der Waals surface area (Å²) >= 11 is 0. The first-order chi connectivity index (χ1) is 11.3. The van der Waals surface area contributed by atoms with E-state index in [2.05, 4.69) is 59.6 Å². The molecule has 0 atom stereocenters. The molecule has 0 radical (unpaired) electrons. The first-order valence-corrected chi connectivity index (χ1v) is 8.82. The van der Waals surface area contributed by atoms with Crippen LogP contribution in [-0.4, -0.2) is 10.2 Å². The molecular weight excluding hydrogens is 280 g/mol. The topological polar surface area (TPSA) is 25.8 Å². The smallest absolute Gasteiger partial charge is 0.0932 e. The van der Waals surface area contributed by atoms with E-state index >= 15 is 0 Å². The predicted octanol–water partition coefficient (Wildman–Crippen LogP) is 5.61. The van der Waals surface area contributed by atoms with Crippen LogP contribution in [0.3, 0.4) is 0 Å². The van der Waals surface area contributed by atoms with Gasteiger partial charge in [-0.1, -0.05) is 62.5 Å². The van der Waals surface area contributed by atoms with Crippen LogP contribution in [0.15, 0.2) is 36.4 Å². The molecule has 1 aromatic heterocycles. The minimum Gasteiger partial charge on any atom is -0.155 e. The number of allylic oxidation sites excluding steroid dienone is 1. The van der Waals surface area contributed by atoms with E-state index in [1.54, 1.807) is 0 Å². The minimum absolute atomic E-state index is 0.811. The van der Waals surface area contributed by atoms with Crippen LogP contribution < -0.4 is 0 Å². The summed E-state index contributed by atoms with van der Waals surface area (Å²) in [6.45, 7) is 4.18. The van der Waals surface area contributed by atoms with Crippen LogP contribution >= 0.6 is 0 Å². The fourth-order valence-corrected chi connectivity index (χ4v) is 3.57. The number of aromatic nitrogens is 2. The highest BCUT2D eigenvalue weighted by atomic mass is 15.1. The molecule has 0 bridgehead atoms. The fraction of sp³-hybridized carbons (Fsp3) is 0.429. The second-order valence-corrected chi connectivity index (χ2v) is 6.69. The van der Waals surface area contributed by atoms with Crippen LogP contribution in [0.2, 0.25) is 0 Å². The zero-order valence-corrected chi connectivity index (χ0v) is 14.3. The van der Waals surface area contributed by atoms with Crippen molar-refractivity contribution >= 4 is 6.08 Å². The molecule has 1 aromatic carbocycles. The predicted molar refractivity (Wildman–Crippen MR) is 97.2 cm³/mol. The third-order valence-corrected chi connectivity index (χ3v) is 4.83.